The van der Waals surface area contributed by atoms with E-state index in [1.54, 1.807) is 0 Å². The van der Waals surface area contributed by atoms with E-state index >= 15 is 0 Å². The lowest BCUT2D eigenvalue weighted by Crippen LogP contribution is -2.36. The third kappa shape index (κ3) is 3.46. The summed E-state index contributed by atoms with van der Waals surface area (Å²) in [6, 6.07) is 10.9. The summed E-state index contributed by atoms with van der Waals surface area (Å²) in [5, 5.41) is 5.77. The van der Waals surface area contributed by atoms with Gasteiger partial charge in [0.15, 0.2) is 23.0 Å². The Morgan fingerprint density at radius 3 is 2.54 bits per heavy atom. The van der Waals surface area contributed by atoms with E-state index in [1.165, 1.54) is 0 Å². The average molecular weight is 356 g/mol. The molecule has 0 fully saturated rings. The summed E-state index contributed by atoms with van der Waals surface area (Å²) in [6.07, 6.45) is 0. The van der Waals surface area contributed by atoms with Crippen LogP contribution in [0.4, 0.5) is 4.79 Å². The van der Waals surface area contributed by atoms with Crippen molar-refractivity contribution >= 4 is 6.03 Å². The summed E-state index contributed by atoms with van der Waals surface area (Å²) in [5.74, 6) is 2.88. The van der Waals surface area contributed by atoms with Gasteiger partial charge in [0, 0.05) is 6.54 Å². The number of hydrogen-bond acceptors (Lipinski definition) is 5. The van der Waals surface area contributed by atoms with Crippen molar-refractivity contribution in [2.75, 3.05) is 20.0 Å². The van der Waals surface area contributed by atoms with Gasteiger partial charge in [-0.25, -0.2) is 4.79 Å². The van der Waals surface area contributed by atoms with Crippen molar-refractivity contribution in [1.29, 1.82) is 0 Å². The Hall–Kier alpha value is -3.09. The van der Waals surface area contributed by atoms with Gasteiger partial charge >= 0.3 is 6.03 Å². The molecule has 0 bridgehead atoms. The van der Waals surface area contributed by atoms with Crippen molar-refractivity contribution in [2.45, 2.75) is 19.5 Å². The fourth-order valence-electron chi connectivity index (χ4n) is 2.89. The summed E-state index contributed by atoms with van der Waals surface area (Å²) in [6.45, 7) is 3.65. The van der Waals surface area contributed by atoms with E-state index in [4.69, 9.17) is 18.9 Å². The lowest BCUT2D eigenvalue weighted by Gasteiger charge is -2.21. The van der Waals surface area contributed by atoms with Crippen LogP contribution in [0.2, 0.25) is 0 Å². The molecule has 1 atom stereocenters. The summed E-state index contributed by atoms with van der Waals surface area (Å²) >= 11 is 0. The first-order chi connectivity index (χ1) is 12.7. The van der Waals surface area contributed by atoms with Crippen LogP contribution >= 0.6 is 0 Å². The van der Waals surface area contributed by atoms with E-state index in [0.29, 0.717) is 31.3 Å². The second-order valence-corrected chi connectivity index (χ2v) is 6.14. The van der Waals surface area contributed by atoms with E-state index in [9.17, 15) is 4.79 Å². The smallest absolute Gasteiger partial charge is 0.315 e. The molecule has 7 nitrogen and oxygen atoms in total. The number of rotatable bonds is 4. The lowest BCUT2D eigenvalue weighted by atomic mass is 10.1. The predicted molar refractivity (Wildman–Crippen MR) is 93.8 cm³/mol. The maximum absolute atomic E-state index is 12.2. The van der Waals surface area contributed by atoms with Crippen molar-refractivity contribution in [3.63, 3.8) is 0 Å². The highest BCUT2D eigenvalue weighted by atomic mass is 16.7. The molecular weight excluding hydrogens is 336 g/mol. The normalized spacial score (nSPS) is 15.3. The van der Waals surface area contributed by atoms with Crippen LogP contribution in [0.15, 0.2) is 36.4 Å². The highest BCUT2D eigenvalue weighted by Gasteiger charge is 2.16. The molecule has 136 valence electrons. The molecule has 0 saturated carbocycles. The second kappa shape index (κ2) is 7.03. The summed E-state index contributed by atoms with van der Waals surface area (Å²) in [7, 11) is 0. The van der Waals surface area contributed by atoms with Gasteiger partial charge in [-0.1, -0.05) is 12.1 Å². The first kappa shape index (κ1) is 16.4. The maximum atomic E-state index is 12.2. The third-order valence-corrected chi connectivity index (χ3v) is 4.30. The van der Waals surface area contributed by atoms with Crippen LogP contribution in [0.25, 0.3) is 0 Å². The summed E-state index contributed by atoms with van der Waals surface area (Å²) in [5.41, 5.74) is 1.89. The van der Waals surface area contributed by atoms with E-state index in [2.05, 4.69) is 10.6 Å². The number of fused-ring (bicyclic) bond motifs is 2. The zero-order chi connectivity index (χ0) is 17.9. The number of carbonyl (C=O) groups is 1. The molecule has 2 heterocycles. The minimum absolute atomic E-state index is 0.164. The number of nitrogens with one attached hydrogen (secondary N) is 2. The Bertz CT molecular complexity index is 824. The minimum atomic E-state index is -0.245. The van der Waals surface area contributed by atoms with E-state index < -0.39 is 0 Å². The first-order valence-corrected chi connectivity index (χ1v) is 8.51. The van der Waals surface area contributed by atoms with Gasteiger partial charge in [0.25, 0.3) is 0 Å². The van der Waals surface area contributed by atoms with Crippen LogP contribution in [0, 0.1) is 0 Å². The number of amides is 2. The third-order valence-electron chi connectivity index (χ3n) is 4.30. The molecule has 2 N–H and O–H groups in total. The molecule has 4 rings (SSSR count). The number of ether oxygens (including phenoxy) is 4. The summed E-state index contributed by atoms with van der Waals surface area (Å²) in [4.78, 5) is 12.2. The molecule has 2 aromatic carbocycles. The quantitative estimate of drug-likeness (QED) is 0.881. The average Bonchev–Trinajstić information content (AvgIpc) is 3.13. The molecule has 0 aliphatic carbocycles. The largest absolute Gasteiger partial charge is 0.486 e. The van der Waals surface area contributed by atoms with Crippen LogP contribution in [-0.2, 0) is 6.54 Å². The highest BCUT2D eigenvalue weighted by Crippen LogP contribution is 2.33. The number of carbonyl (C=O) groups excluding carboxylic acids is 1. The monoisotopic (exact) mass is 356 g/mol. The Labute approximate surface area is 151 Å². The van der Waals surface area contributed by atoms with Gasteiger partial charge in [0.1, 0.15) is 13.2 Å². The molecule has 26 heavy (non-hydrogen) atoms. The maximum Gasteiger partial charge on any atom is 0.315 e. The number of hydrogen-bond donors (Lipinski definition) is 2. The van der Waals surface area contributed by atoms with Crippen LogP contribution < -0.4 is 29.6 Å². The van der Waals surface area contributed by atoms with Crippen molar-refractivity contribution in [1.82, 2.24) is 10.6 Å². The zero-order valence-corrected chi connectivity index (χ0v) is 14.4. The van der Waals surface area contributed by atoms with Gasteiger partial charge in [-0.3, -0.25) is 0 Å². The molecule has 0 saturated heterocycles. The molecule has 2 aliphatic rings. The predicted octanol–water partition coefficient (Wildman–Crippen LogP) is 2.75. The second-order valence-electron chi connectivity index (χ2n) is 6.14. The van der Waals surface area contributed by atoms with Crippen LogP contribution in [0.5, 0.6) is 23.0 Å². The van der Waals surface area contributed by atoms with E-state index in [0.717, 1.165) is 22.6 Å². The SMILES string of the molecule is CC(NC(=O)NCc1ccc2c(c1)OCO2)c1ccc2c(c1)OCCO2. The molecular formula is C19H20N2O5. The highest BCUT2D eigenvalue weighted by molar-refractivity contribution is 5.74. The van der Waals surface area contributed by atoms with Gasteiger partial charge in [-0.2, -0.15) is 0 Å². The fraction of sp³-hybridized carbons (Fsp3) is 0.316. The molecule has 0 spiro atoms. The van der Waals surface area contributed by atoms with Crippen LogP contribution in [-0.4, -0.2) is 26.0 Å². The first-order valence-electron chi connectivity index (χ1n) is 8.51. The minimum Gasteiger partial charge on any atom is -0.486 e. The van der Waals surface area contributed by atoms with Gasteiger partial charge in [0.05, 0.1) is 6.04 Å². The Morgan fingerprint density at radius 2 is 1.65 bits per heavy atom. The number of urea groups is 1. The van der Waals surface area contributed by atoms with E-state index in [-0.39, 0.29) is 18.9 Å². The van der Waals surface area contributed by atoms with Crippen molar-refractivity contribution in [3.05, 3.63) is 47.5 Å². The molecule has 0 aromatic heterocycles. The van der Waals surface area contributed by atoms with Crippen molar-refractivity contribution in [2.24, 2.45) is 0 Å². The van der Waals surface area contributed by atoms with Crippen molar-refractivity contribution < 1.29 is 23.7 Å². The lowest BCUT2D eigenvalue weighted by molar-refractivity contribution is 0.171. The van der Waals surface area contributed by atoms with Gasteiger partial charge in [-0.05, 0) is 42.3 Å². The van der Waals surface area contributed by atoms with Gasteiger partial charge in [0.2, 0.25) is 6.79 Å². The van der Waals surface area contributed by atoms with Crippen molar-refractivity contribution in [3.8, 4) is 23.0 Å². The van der Waals surface area contributed by atoms with Gasteiger partial charge < -0.3 is 29.6 Å². The van der Waals surface area contributed by atoms with Crippen LogP contribution in [0.3, 0.4) is 0 Å². The molecule has 2 aromatic rings. The fourth-order valence-corrected chi connectivity index (χ4v) is 2.89. The number of benzene rings is 2. The van der Waals surface area contributed by atoms with E-state index in [1.807, 2.05) is 43.3 Å². The molecule has 0 radical (unpaired) electrons. The summed E-state index contributed by atoms with van der Waals surface area (Å²) < 4.78 is 21.7. The Balaban J connectivity index is 1.33. The molecule has 2 aliphatic heterocycles. The standard InChI is InChI=1S/C19H20N2O5/c1-12(14-3-5-15-18(9-14)24-7-6-23-15)21-19(22)20-10-13-2-4-16-17(8-13)26-11-25-16/h2-5,8-9,12H,6-7,10-11H2,1H3,(H2,20,21,22). The Morgan fingerprint density at radius 1 is 0.962 bits per heavy atom. The molecule has 1 unspecified atom stereocenters. The molecule has 7 heteroatoms. The van der Waals surface area contributed by atoms with Gasteiger partial charge in [-0.15, -0.1) is 0 Å². The van der Waals surface area contributed by atoms with Crippen LogP contribution in [0.1, 0.15) is 24.1 Å². The molecule has 2 amide bonds. The Kier molecular flexibility index (Phi) is 4.43. The zero-order valence-electron chi connectivity index (χ0n) is 14.4. The topological polar surface area (TPSA) is 78.1 Å².